The van der Waals surface area contributed by atoms with Gasteiger partial charge in [0.15, 0.2) is 5.96 Å². The van der Waals surface area contributed by atoms with E-state index in [-0.39, 0.29) is 29.8 Å². The van der Waals surface area contributed by atoms with Crippen LogP contribution >= 0.6 is 24.0 Å². The molecule has 186 valence electrons. The number of ether oxygens (including phenoxy) is 1. The van der Waals surface area contributed by atoms with E-state index in [0.717, 1.165) is 103 Å². The zero-order valence-electron chi connectivity index (χ0n) is 19.9. The normalized spacial score (nSPS) is 23.0. The van der Waals surface area contributed by atoms with Crippen LogP contribution in [0.5, 0.6) is 0 Å². The summed E-state index contributed by atoms with van der Waals surface area (Å²) in [6.07, 6.45) is 2.33. The summed E-state index contributed by atoms with van der Waals surface area (Å²) in [5.41, 5.74) is 0.732. The average molecular weight is 575 g/mol. The predicted octanol–water partition coefficient (Wildman–Crippen LogP) is 2.19. The number of hydrogen-bond donors (Lipinski definition) is 1. The highest BCUT2D eigenvalue weighted by Gasteiger charge is 2.27. The van der Waals surface area contributed by atoms with Crippen LogP contribution in [-0.4, -0.2) is 113 Å². The lowest BCUT2D eigenvalue weighted by Gasteiger charge is -2.36. The Labute approximate surface area is 215 Å². The third-order valence-electron chi connectivity index (χ3n) is 6.92. The number of para-hydroxylation sites is 1. The van der Waals surface area contributed by atoms with Crippen LogP contribution in [0, 0.1) is 11.7 Å². The first-order valence-corrected chi connectivity index (χ1v) is 12.2. The molecule has 1 atom stereocenters. The van der Waals surface area contributed by atoms with Crippen molar-refractivity contribution >= 4 is 35.6 Å². The third-order valence-corrected chi connectivity index (χ3v) is 6.92. The molecule has 9 heteroatoms. The van der Waals surface area contributed by atoms with Crippen molar-refractivity contribution in [1.29, 1.82) is 0 Å². The van der Waals surface area contributed by atoms with E-state index >= 15 is 0 Å². The lowest BCUT2D eigenvalue weighted by atomic mass is 10.1. The van der Waals surface area contributed by atoms with Crippen LogP contribution in [0.2, 0.25) is 0 Å². The first kappa shape index (κ1) is 26.4. The van der Waals surface area contributed by atoms with Gasteiger partial charge < -0.3 is 19.9 Å². The van der Waals surface area contributed by atoms with Gasteiger partial charge in [-0.25, -0.2) is 4.39 Å². The molecule has 1 aromatic carbocycles. The second kappa shape index (κ2) is 13.7. The largest absolute Gasteiger partial charge is 0.379 e. The van der Waals surface area contributed by atoms with Crippen molar-refractivity contribution in [2.24, 2.45) is 10.9 Å². The van der Waals surface area contributed by atoms with Gasteiger partial charge in [-0.2, -0.15) is 0 Å². The van der Waals surface area contributed by atoms with Gasteiger partial charge in [0.05, 0.1) is 18.9 Å². The van der Waals surface area contributed by atoms with Crippen LogP contribution in [0.15, 0.2) is 29.3 Å². The molecule has 0 aliphatic carbocycles. The molecule has 0 saturated carbocycles. The van der Waals surface area contributed by atoms with Crippen LogP contribution in [-0.2, 0) is 4.74 Å². The van der Waals surface area contributed by atoms with Gasteiger partial charge in [-0.3, -0.25) is 14.8 Å². The Hall–Kier alpha value is -1.17. The zero-order valence-corrected chi connectivity index (χ0v) is 22.3. The number of likely N-dealkylation sites (tertiary alicyclic amines) is 1. The number of hydrogen-bond acceptors (Lipinski definition) is 5. The highest BCUT2D eigenvalue weighted by Crippen LogP contribution is 2.20. The second-order valence-electron chi connectivity index (χ2n) is 9.12. The van der Waals surface area contributed by atoms with Gasteiger partial charge in [-0.05, 0) is 37.4 Å². The smallest absolute Gasteiger partial charge is 0.193 e. The number of guanidine groups is 1. The Morgan fingerprint density at radius 1 is 1.06 bits per heavy atom. The molecule has 0 radical (unpaired) electrons. The molecule has 7 nitrogen and oxygen atoms in total. The molecule has 3 heterocycles. The van der Waals surface area contributed by atoms with E-state index in [4.69, 9.17) is 4.74 Å². The maximum atomic E-state index is 14.0. The summed E-state index contributed by atoms with van der Waals surface area (Å²) < 4.78 is 19.5. The minimum atomic E-state index is -0.120. The van der Waals surface area contributed by atoms with Gasteiger partial charge >= 0.3 is 0 Å². The summed E-state index contributed by atoms with van der Waals surface area (Å²) in [4.78, 5) is 14.1. The number of benzene rings is 1. The van der Waals surface area contributed by atoms with Crippen LogP contribution in [0.3, 0.4) is 0 Å². The van der Waals surface area contributed by atoms with E-state index in [1.807, 2.05) is 19.2 Å². The summed E-state index contributed by atoms with van der Waals surface area (Å²) in [5.74, 6) is 1.64. The number of piperazine rings is 1. The third kappa shape index (κ3) is 7.66. The van der Waals surface area contributed by atoms with Crippen LogP contribution in [0.25, 0.3) is 0 Å². The fraction of sp³-hybridized carbons (Fsp3) is 0.708. The number of anilines is 1. The van der Waals surface area contributed by atoms with Gasteiger partial charge in [-0.1, -0.05) is 12.1 Å². The van der Waals surface area contributed by atoms with E-state index in [2.05, 4.69) is 29.9 Å². The zero-order chi connectivity index (χ0) is 22.2. The topological polar surface area (TPSA) is 46.6 Å². The molecule has 1 N–H and O–H groups in total. The maximum Gasteiger partial charge on any atom is 0.193 e. The van der Waals surface area contributed by atoms with Gasteiger partial charge in [0.25, 0.3) is 0 Å². The van der Waals surface area contributed by atoms with E-state index in [1.165, 1.54) is 13.0 Å². The van der Waals surface area contributed by atoms with Crippen molar-refractivity contribution in [1.82, 2.24) is 20.0 Å². The van der Waals surface area contributed by atoms with Gasteiger partial charge in [0.2, 0.25) is 0 Å². The highest BCUT2D eigenvalue weighted by molar-refractivity contribution is 14.0. The lowest BCUT2D eigenvalue weighted by molar-refractivity contribution is 0.0315. The molecule has 0 amide bonds. The Morgan fingerprint density at radius 3 is 2.55 bits per heavy atom. The Morgan fingerprint density at radius 2 is 1.82 bits per heavy atom. The fourth-order valence-electron chi connectivity index (χ4n) is 5.08. The van der Waals surface area contributed by atoms with Crippen molar-refractivity contribution in [2.75, 3.05) is 97.2 Å². The highest BCUT2D eigenvalue weighted by atomic mass is 127. The van der Waals surface area contributed by atoms with E-state index < -0.39 is 0 Å². The predicted molar refractivity (Wildman–Crippen MR) is 143 cm³/mol. The molecule has 4 rings (SSSR count). The number of nitrogens with zero attached hydrogens (tertiary/aromatic N) is 5. The minimum Gasteiger partial charge on any atom is -0.379 e. The van der Waals surface area contributed by atoms with Gasteiger partial charge in [-0.15, -0.1) is 24.0 Å². The van der Waals surface area contributed by atoms with Crippen molar-refractivity contribution in [3.05, 3.63) is 30.1 Å². The van der Waals surface area contributed by atoms with E-state index in [9.17, 15) is 4.39 Å². The number of nitrogens with one attached hydrogen (secondary N) is 1. The molecule has 33 heavy (non-hydrogen) atoms. The maximum absolute atomic E-state index is 14.0. The molecular weight excluding hydrogens is 534 g/mol. The standard InChI is InChI=1S/C24H39FN6O.HI/c1-26-24(31-10-7-21(20-31)19-29-15-17-32-18-16-29)27-8-4-9-28-11-13-30(14-12-28)23-6-3-2-5-22(23)25;/h2-3,5-6,21H,4,7-20H2,1H3,(H,26,27);1H. The molecule has 3 saturated heterocycles. The Kier molecular flexibility index (Phi) is 10.9. The molecule has 1 unspecified atom stereocenters. The SMILES string of the molecule is CN=C(NCCCN1CCN(c2ccccc2F)CC1)N1CCC(CN2CCOCC2)C1.I. The summed E-state index contributed by atoms with van der Waals surface area (Å²) in [6, 6.07) is 7.09. The minimum absolute atomic E-state index is 0. The molecule has 0 aromatic heterocycles. The summed E-state index contributed by atoms with van der Waals surface area (Å²) in [7, 11) is 1.89. The number of halogens is 2. The summed E-state index contributed by atoms with van der Waals surface area (Å²) in [5, 5.41) is 3.57. The first-order valence-electron chi connectivity index (χ1n) is 12.2. The summed E-state index contributed by atoms with van der Waals surface area (Å²) >= 11 is 0. The van der Waals surface area contributed by atoms with Gasteiger partial charge in [0.1, 0.15) is 5.82 Å². The average Bonchev–Trinajstić information content (AvgIpc) is 3.29. The Balaban J connectivity index is 0.00000306. The molecule has 0 bridgehead atoms. The van der Waals surface area contributed by atoms with Crippen molar-refractivity contribution in [3.63, 3.8) is 0 Å². The molecular formula is C24H40FIN6O. The summed E-state index contributed by atoms with van der Waals surface area (Å²) in [6.45, 7) is 13.0. The second-order valence-corrected chi connectivity index (χ2v) is 9.12. The van der Waals surface area contributed by atoms with Crippen molar-refractivity contribution < 1.29 is 9.13 Å². The first-order chi connectivity index (χ1) is 15.7. The van der Waals surface area contributed by atoms with E-state index in [0.29, 0.717) is 0 Å². The number of rotatable bonds is 7. The monoisotopic (exact) mass is 574 g/mol. The van der Waals surface area contributed by atoms with Crippen LogP contribution < -0.4 is 10.2 Å². The molecule has 1 aromatic rings. The molecule has 3 aliphatic heterocycles. The molecule has 3 fully saturated rings. The molecule has 0 spiro atoms. The number of morpholine rings is 1. The van der Waals surface area contributed by atoms with E-state index in [1.54, 1.807) is 12.1 Å². The lowest BCUT2D eigenvalue weighted by Crippen LogP contribution is -2.47. The van der Waals surface area contributed by atoms with Crippen molar-refractivity contribution in [2.45, 2.75) is 12.8 Å². The van der Waals surface area contributed by atoms with Crippen molar-refractivity contribution in [3.8, 4) is 0 Å². The number of aliphatic imine (C=N–C) groups is 1. The fourth-order valence-corrected chi connectivity index (χ4v) is 5.08. The Bertz CT molecular complexity index is 739. The quantitative estimate of drug-likeness (QED) is 0.233. The van der Waals surface area contributed by atoms with Crippen LogP contribution in [0.1, 0.15) is 12.8 Å². The van der Waals surface area contributed by atoms with Gasteiger partial charge in [0, 0.05) is 72.5 Å². The molecule has 3 aliphatic rings. The van der Waals surface area contributed by atoms with Crippen LogP contribution in [0.4, 0.5) is 10.1 Å².